The average molecular weight is 419 g/mol. The van der Waals surface area contributed by atoms with E-state index in [-0.39, 0.29) is 23.3 Å². The van der Waals surface area contributed by atoms with E-state index in [1.54, 1.807) is 32.1 Å². The van der Waals surface area contributed by atoms with Crippen molar-refractivity contribution in [2.45, 2.75) is 13.8 Å². The quantitative estimate of drug-likeness (QED) is 0.195. The number of H-pyrrole nitrogens is 1. The summed E-state index contributed by atoms with van der Waals surface area (Å²) in [7, 11) is 0. The molecule has 0 bridgehead atoms. The maximum atomic E-state index is 11.8. The summed E-state index contributed by atoms with van der Waals surface area (Å²) in [6.07, 6.45) is 4.79. The van der Waals surface area contributed by atoms with Gasteiger partial charge in [-0.2, -0.15) is 5.10 Å². The molecule has 0 aliphatic carbocycles. The van der Waals surface area contributed by atoms with Crippen LogP contribution in [0.15, 0.2) is 53.2 Å². The minimum Gasteiger partial charge on any atom is -0.402 e. The zero-order valence-electron chi connectivity index (χ0n) is 16.9. The number of amidine groups is 1. The van der Waals surface area contributed by atoms with Gasteiger partial charge in [-0.3, -0.25) is 15.2 Å². The first kappa shape index (κ1) is 21.2. The number of hydrogen-bond donors (Lipinski definition) is 4. The highest BCUT2D eigenvalue weighted by Gasteiger charge is 2.25. The molecule has 0 amide bonds. The van der Waals surface area contributed by atoms with E-state index in [0.29, 0.717) is 11.5 Å². The number of hydrogen-bond acceptors (Lipinski definition) is 8. The lowest BCUT2D eigenvalue weighted by atomic mass is 10.2. The highest BCUT2D eigenvalue weighted by molar-refractivity contribution is 5.94. The Labute approximate surface area is 177 Å². The number of anilines is 2. The summed E-state index contributed by atoms with van der Waals surface area (Å²) >= 11 is 0. The van der Waals surface area contributed by atoms with Gasteiger partial charge in [-0.25, -0.2) is 15.0 Å². The summed E-state index contributed by atoms with van der Waals surface area (Å²) < 4.78 is 0. The predicted molar refractivity (Wildman–Crippen MR) is 120 cm³/mol. The van der Waals surface area contributed by atoms with Crippen LogP contribution < -0.4 is 16.8 Å². The van der Waals surface area contributed by atoms with Gasteiger partial charge in [-0.15, -0.1) is 0 Å². The number of nitrogens with one attached hydrogen (secondary N) is 2. The van der Waals surface area contributed by atoms with Crippen LogP contribution in [-0.4, -0.2) is 30.9 Å². The Balaban J connectivity index is 2.13. The lowest BCUT2D eigenvalue weighted by molar-refractivity contribution is -0.383. The maximum Gasteiger partial charge on any atom is 0.356 e. The molecule has 11 heteroatoms. The van der Waals surface area contributed by atoms with Crippen LogP contribution in [0.2, 0.25) is 0 Å². The first-order valence-electron chi connectivity index (χ1n) is 9.18. The molecule has 0 aliphatic heterocycles. The van der Waals surface area contributed by atoms with Crippen LogP contribution >= 0.6 is 0 Å². The third kappa shape index (κ3) is 5.73. The summed E-state index contributed by atoms with van der Waals surface area (Å²) in [6, 6.07) is 11.2. The highest BCUT2D eigenvalue weighted by Crippen LogP contribution is 2.34. The van der Waals surface area contributed by atoms with Crippen LogP contribution in [-0.2, 0) is 0 Å². The fourth-order valence-electron chi connectivity index (χ4n) is 2.59. The molecular weight excluding hydrogens is 398 g/mol. The summed E-state index contributed by atoms with van der Waals surface area (Å²) in [5.74, 6) is 0.250. The van der Waals surface area contributed by atoms with Gasteiger partial charge in [-0.05, 0) is 31.6 Å². The SMILES string of the molecule is CC(N)=CC(N)=Nc1nc(/C=C/c2ccccc2)nc(Nc2cc(C)[nH]n2)c1[N+](=O)[O-]. The van der Waals surface area contributed by atoms with Gasteiger partial charge in [0.15, 0.2) is 11.6 Å². The normalized spacial score (nSPS) is 12.3. The molecule has 0 radical (unpaired) electrons. The monoisotopic (exact) mass is 419 g/mol. The van der Waals surface area contributed by atoms with E-state index in [4.69, 9.17) is 11.5 Å². The van der Waals surface area contributed by atoms with Crippen molar-refractivity contribution in [2.75, 3.05) is 5.32 Å². The molecule has 0 saturated heterocycles. The fourth-order valence-corrected chi connectivity index (χ4v) is 2.59. The van der Waals surface area contributed by atoms with Crippen LogP contribution in [0.25, 0.3) is 12.2 Å². The molecule has 0 atom stereocenters. The predicted octanol–water partition coefficient (Wildman–Crippen LogP) is 3.18. The minimum absolute atomic E-state index is 0.0265. The van der Waals surface area contributed by atoms with Crippen molar-refractivity contribution in [3.05, 3.63) is 75.4 Å². The molecule has 3 aromatic rings. The number of rotatable bonds is 7. The molecule has 0 fully saturated rings. The maximum absolute atomic E-state index is 11.8. The second kappa shape index (κ2) is 9.31. The van der Waals surface area contributed by atoms with Gasteiger partial charge in [0.25, 0.3) is 0 Å². The molecule has 11 nitrogen and oxygen atoms in total. The molecular formula is C20H21N9O2. The van der Waals surface area contributed by atoms with Crippen molar-refractivity contribution < 1.29 is 4.92 Å². The van der Waals surface area contributed by atoms with Crippen molar-refractivity contribution >= 4 is 41.1 Å². The van der Waals surface area contributed by atoms with Gasteiger partial charge < -0.3 is 16.8 Å². The lowest BCUT2D eigenvalue weighted by Gasteiger charge is -2.07. The second-order valence-electron chi connectivity index (χ2n) is 6.59. The minimum atomic E-state index is -0.627. The van der Waals surface area contributed by atoms with Gasteiger partial charge in [0.1, 0.15) is 5.84 Å². The molecule has 158 valence electrons. The zero-order valence-corrected chi connectivity index (χ0v) is 16.9. The second-order valence-corrected chi connectivity index (χ2v) is 6.59. The number of nitro groups is 1. The Kier molecular flexibility index (Phi) is 6.36. The number of benzene rings is 1. The van der Waals surface area contributed by atoms with Crippen molar-refractivity contribution in [2.24, 2.45) is 16.5 Å². The molecule has 0 aliphatic rings. The third-order valence-corrected chi connectivity index (χ3v) is 3.85. The van der Waals surface area contributed by atoms with Crippen molar-refractivity contribution in [1.82, 2.24) is 20.2 Å². The fraction of sp³-hybridized carbons (Fsp3) is 0.100. The first-order valence-corrected chi connectivity index (χ1v) is 9.18. The van der Waals surface area contributed by atoms with Gasteiger partial charge in [0.2, 0.25) is 11.6 Å². The van der Waals surface area contributed by atoms with Crippen LogP contribution in [0, 0.1) is 17.0 Å². The molecule has 2 heterocycles. The van der Waals surface area contributed by atoms with E-state index >= 15 is 0 Å². The third-order valence-electron chi connectivity index (χ3n) is 3.85. The molecule has 2 aromatic heterocycles. The van der Waals surface area contributed by atoms with Crippen molar-refractivity contribution in [3.63, 3.8) is 0 Å². The molecule has 0 spiro atoms. The standard InChI is InChI=1S/C20H21N9O2/c1-12(21)10-15(22)23-19-18(29(30)31)20(26-17-11-13(2)27-28-17)25-16(24-19)9-8-14-6-4-3-5-7-14/h3-11H,21H2,1-2H3,(H4,22,23,24,25,26,27,28)/b9-8+,12-10?. The smallest absolute Gasteiger partial charge is 0.356 e. The van der Waals surface area contributed by atoms with E-state index in [2.05, 4.69) is 30.5 Å². The van der Waals surface area contributed by atoms with Crippen molar-refractivity contribution in [3.8, 4) is 0 Å². The van der Waals surface area contributed by atoms with E-state index in [0.717, 1.165) is 11.3 Å². The van der Waals surface area contributed by atoms with Gasteiger partial charge in [-0.1, -0.05) is 36.4 Å². The topological polar surface area (TPSA) is 174 Å². The number of aromatic amines is 1. The van der Waals surface area contributed by atoms with E-state index in [9.17, 15) is 10.1 Å². The van der Waals surface area contributed by atoms with Gasteiger partial charge >= 0.3 is 5.69 Å². The Bertz CT molecular complexity index is 1180. The molecule has 1 aromatic carbocycles. The molecule has 0 saturated carbocycles. The molecule has 0 unspecified atom stereocenters. The van der Waals surface area contributed by atoms with Crippen LogP contribution in [0.1, 0.15) is 24.0 Å². The number of aliphatic imine (C=N–C) groups is 1. The van der Waals surface area contributed by atoms with Crippen LogP contribution in [0.5, 0.6) is 0 Å². The summed E-state index contributed by atoms with van der Waals surface area (Å²) in [6.45, 7) is 3.43. The Morgan fingerprint density at radius 2 is 1.97 bits per heavy atom. The number of aromatic nitrogens is 4. The summed E-state index contributed by atoms with van der Waals surface area (Å²) in [5.41, 5.74) is 13.1. The molecule has 3 rings (SSSR count). The summed E-state index contributed by atoms with van der Waals surface area (Å²) in [4.78, 5) is 23.8. The zero-order chi connectivity index (χ0) is 22.4. The largest absolute Gasteiger partial charge is 0.402 e. The highest BCUT2D eigenvalue weighted by atomic mass is 16.6. The van der Waals surface area contributed by atoms with Crippen molar-refractivity contribution in [1.29, 1.82) is 0 Å². The van der Waals surface area contributed by atoms with E-state index < -0.39 is 10.6 Å². The number of allylic oxidation sites excluding steroid dienone is 1. The van der Waals surface area contributed by atoms with E-state index in [1.165, 1.54) is 6.08 Å². The van der Waals surface area contributed by atoms with Crippen LogP contribution in [0.3, 0.4) is 0 Å². The summed E-state index contributed by atoms with van der Waals surface area (Å²) in [5, 5.41) is 21.5. The lowest BCUT2D eigenvalue weighted by Crippen LogP contribution is -2.11. The van der Waals surface area contributed by atoms with Gasteiger partial charge in [0.05, 0.1) is 4.92 Å². The number of nitrogens with zero attached hydrogens (tertiary/aromatic N) is 5. The Hall–Kier alpha value is -4.54. The molecule has 6 N–H and O–H groups in total. The Morgan fingerprint density at radius 1 is 1.23 bits per heavy atom. The average Bonchev–Trinajstić information content (AvgIpc) is 3.10. The molecule has 31 heavy (non-hydrogen) atoms. The van der Waals surface area contributed by atoms with Gasteiger partial charge in [0, 0.05) is 17.5 Å². The van der Waals surface area contributed by atoms with E-state index in [1.807, 2.05) is 30.3 Å². The number of aryl methyl sites for hydroxylation is 1. The Morgan fingerprint density at radius 3 is 2.58 bits per heavy atom. The van der Waals surface area contributed by atoms with Crippen LogP contribution in [0.4, 0.5) is 23.1 Å². The first-order chi connectivity index (χ1) is 14.8. The number of nitrogens with two attached hydrogens (primary N) is 2.